The van der Waals surface area contributed by atoms with Crippen molar-refractivity contribution in [3.63, 3.8) is 0 Å². The first-order valence-corrected chi connectivity index (χ1v) is 5.39. The van der Waals surface area contributed by atoms with E-state index in [1.807, 2.05) is 19.1 Å². The number of hydrogen-bond donors (Lipinski definition) is 2. The van der Waals surface area contributed by atoms with E-state index in [9.17, 15) is 4.79 Å². The molecule has 0 saturated heterocycles. The maximum atomic E-state index is 11.8. The highest BCUT2D eigenvalue weighted by molar-refractivity contribution is 6.01. The summed E-state index contributed by atoms with van der Waals surface area (Å²) >= 11 is 0. The first-order valence-electron chi connectivity index (χ1n) is 5.39. The Kier molecular flexibility index (Phi) is 2.62. The topological polar surface area (TPSA) is 41.1 Å². The number of carbonyl (C=O) groups excluding carboxylic acids is 1. The lowest BCUT2D eigenvalue weighted by molar-refractivity contribution is 0.0945. The summed E-state index contributed by atoms with van der Waals surface area (Å²) < 4.78 is 0. The van der Waals surface area contributed by atoms with Gasteiger partial charge in [-0.15, -0.1) is 0 Å². The van der Waals surface area contributed by atoms with Crippen LogP contribution in [0, 0.1) is 0 Å². The Balaban J connectivity index is 2.47. The molecule has 1 heterocycles. The van der Waals surface area contributed by atoms with Crippen molar-refractivity contribution in [3.05, 3.63) is 29.3 Å². The van der Waals surface area contributed by atoms with Crippen molar-refractivity contribution in [2.24, 2.45) is 0 Å². The summed E-state index contributed by atoms with van der Waals surface area (Å²) in [5.41, 5.74) is 2.97. The molecule has 0 aliphatic carbocycles. The molecule has 0 radical (unpaired) electrons. The van der Waals surface area contributed by atoms with Crippen LogP contribution in [0.3, 0.4) is 0 Å². The van der Waals surface area contributed by atoms with Crippen molar-refractivity contribution in [2.45, 2.75) is 26.3 Å². The van der Waals surface area contributed by atoms with E-state index in [1.165, 1.54) is 5.56 Å². The minimum Gasteiger partial charge on any atom is -0.382 e. The number of rotatable bonds is 1. The van der Waals surface area contributed by atoms with Crippen LogP contribution in [0.4, 0.5) is 5.69 Å². The zero-order chi connectivity index (χ0) is 10.8. The highest BCUT2D eigenvalue weighted by atomic mass is 16.1. The van der Waals surface area contributed by atoms with E-state index >= 15 is 0 Å². The molecule has 0 bridgehead atoms. The number of benzene rings is 1. The molecular formula is C12H16N2O. The molecule has 0 spiro atoms. The van der Waals surface area contributed by atoms with Gasteiger partial charge in [-0.3, -0.25) is 4.79 Å². The number of hydrogen-bond acceptors (Lipinski definition) is 2. The predicted octanol–water partition coefficient (Wildman–Crippen LogP) is 1.79. The van der Waals surface area contributed by atoms with Crippen LogP contribution in [-0.4, -0.2) is 18.5 Å². The van der Waals surface area contributed by atoms with Gasteiger partial charge in [0.2, 0.25) is 0 Å². The van der Waals surface area contributed by atoms with Crippen LogP contribution in [0.1, 0.15) is 29.8 Å². The number of para-hydroxylation sites is 1. The number of carbonyl (C=O) groups is 1. The molecule has 1 atom stereocenters. The summed E-state index contributed by atoms with van der Waals surface area (Å²) in [5, 5.41) is 6.29. The van der Waals surface area contributed by atoms with E-state index < -0.39 is 0 Å². The third-order valence-electron chi connectivity index (χ3n) is 2.74. The molecule has 1 aliphatic rings. The third kappa shape index (κ3) is 1.82. The number of nitrogens with one attached hydrogen (secondary N) is 2. The Morgan fingerprint density at radius 3 is 3.00 bits per heavy atom. The summed E-state index contributed by atoms with van der Waals surface area (Å²) in [6.07, 6.45) is 0.942. The fourth-order valence-electron chi connectivity index (χ4n) is 1.90. The average Bonchev–Trinajstić information content (AvgIpc) is 2.38. The largest absolute Gasteiger partial charge is 0.382 e. The minimum atomic E-state index is 0.0257. The lowest BCUT2D eigenvalue weighted by Crippen LogP contribution is -2.34. The van der Waals surface area contributed by atoms with Crippen LogP contribution in [0.2, 0.25) is 0 Å². The second kappa shape index (κ2) is 3.93. The van der Waals surface area contributed by atoms with Crippen LogP contribution in [-0.2, 0) is 6.42 Å². The normalized spacial score (nSPS) is 19.9. The van der Waals surface area contributed by atoms with Gasteiger partial charge < -0.3 is 10.6 Å². The minimum absolute atomic E-state index is 0.0257. The lowest BCUT2D eigenvalue weighted by Gasteiger charge is -2.11. The summed E-state index contributed by atoms with van der Waals surface area (Å²) in [6.45, 7) is 4.89. The van der Waals surface area contributed by atoms with Crippen LogP contribution in [0.15, 0.2) is 18.2 Å². The van der Waals surface area contributed by atoms with Gasteiger partial charge >= 0.3 is 0 Å². The molecule has 2 rings (SSSR count). The van der Waals surface area contributed by atoms with E-state index in [2.05, 4.69) is 23.6 Å². The average molecular weight is 204 g/mol. The van der Waals surface area contributed by atoms with Crippen molar-refractivity contribution in [1.29, 1.82) is 0 Å². The smallest absolute Gasteiger partial charge is 0.253 e. The van der Waals surface area contributed by atoms with E-state index in [0.717, 1.165) is 24.2 Å². The second-order valence-electron chi connectivity index (χ2n) is 3.95. The fourth-order valence-corrected chi connectivity index (χ4v) is 1.90. The predicted molar refractivity (Wildman–Crippen MR) is 61.2 cm³/mol. The quantitative estimate of drug-likeness (QED) is 0.732. The second-order valence-corrected chi connectivity index (χ2v) is 3.95. The summed E-state index contributed by atoms with van der Waals surface area (Å²) in [6, 6.07) is 6.05. The third-order valence-corrected chi connectivity index (χ3v) is 2.74. The molecule has 0 aromatic heterocycles. The maximum Gasteiger partial charge on any atom is 0.253 e. The molecular weight excluding hydrogens is 188 g/mol. The van der Waals surface area contributed by atoms with Crippen molar-refractivity contribution in [3.8, 4) is 0 Å². The molecule has 1 aromatic rings. The summed E-state index contributed by atoms with van der Waals surface area (Å²) in [5.74, 6) is 0.0257. The van der Waals surface area contributed by atoms with E-state index in [1.54, 1.807) is 0 Å². The van der Waals surface area contributed by atoms with Gasteiger partial charge in [-0.1, -0.05) is 19.1 Å². The van der Waals surface area contributed by atoms with E-state index in [4.69, 9.17) is 0 Å². The van der Waals surface area contributed by atoms with Gasteiger partial charge in [-0.25, -0.2) is 0 Å². The zero-order valence-corrected chi connectivity index (χ0v) is 9.13. The first kappa shape index (κ1) is 10.0. The molecule has 0 fully saturated rings. The number of aryl methyl sites for hydroxylation is 1. The van der Waals surface area contributed by atoms with Gasteiger partial charge in [-0.2, -0.15) is 0 Å². The molecule has 1 amide bonds. The molecule has 1 unspecified atom stereocenters. The fraction of sp³-hybridized carbons (Fsp3) is 0.417. The number of fused-ring (bicyclic) bond motifs is 1. The number of amides is 1. The molecule has 2 N–H and O–H groups in total. The highest BCUT2D eigenvalue weighted by Crippen LogP contribution is 2.23. The molecule has 1 aliphatic heterocycles. The van der Waals surface area contributed by atoms with Crippen LogP contribution < -0.4 is 10.6 Å². The molecule has 80 valence electrons. The lowest BCUT2D eigenvalue weighted by atomic mass is 10.0. The Morgan fingerprint density at radius 2 is 2.27 bits per heavy atom. The number of anilines is 1. The molecule has 3 heteroatoms. The zero-order valence-electron chi connectivity index (χ0n) is 9.13. The Labute approximate surface area is 89.9 Å². The van der Waals surface area contributed by atoms with Crippen molar-refractivity contribution >= 4 is 11.6 Å². The molecule has 15 heavy (non-hydrogen) atoms. The van der Waals surface area contributed by atoms with Gasteiger partial charge in [0.05, 0.1) is 11.3 Å². The molecule has 0 saturated carbocycles. The molecule has 3 nitrogen and oxygen atoms in total. The van der Waals surface area contributed by atoms with Crippen molar-refractivity contribution in [2.75, 3.05) is 11.9 Å². The standard InChI is InChI=1S/C12H16N2O/c1-3-9-5-4-6-10-11(9)13-7-8(2)14-12(10)15/h4-6,8,13H,3,7H2,1-2H3,(H,14,15). The monoisotopic (exact) mass is 204 g/mol. The van der Waals surface area contributed by atoms with Gasteiger partial charge in [0.25, 0.3) is 5.91 Å². The molecule has 1 aromatic carbocycles. The van der Waals surface area contributed by atoms with Crippen molar-refractivity contribution < 1.29 is 4.79 Å². The van der Waals surface area contributed by atoms with Gasteiger partial charge in [0.1, 0.15) is 0 Å². The Hall–Kier alpha value is -1.51. The van der Waals surface area contributed by atoms with Gasteiger partial charge in [0, 0.05) is 12.6 Å². The van der Waals surface area contributed by atoms with Crippen LogP contribution >= 0.6 is 0 Å². The van der Waals surface area contributed by atoms with Crippen molar-refractivity contribution in [1.82, 2.24) is 5.32 Å². The van der Waals surface area contributed by atoms with Gasteiger partial charge in [0.15, 0.2) is 0 Å². The maximum absolute atomic E-state index is 11.8. The SMILES string of the molecule is CCc1cccc2c1NCC(C)NC2=O. The summed E-state index contributed by atoms with van der Waals surface area (Å²) in [7, 11) is 0. The van der Waals surface area contributed by atoms with Crippen LogP contribution in [0.25, 0.3) is 0 Å². The first-order chi connectivity index (χ1) is 7.22. The Bertz CT molecular complexity index is 387. The van der Waals surface area contributed by atoms with E-state index in [-0.39, 0.29) is 11.9 Å². The highest BCUT2D eigenvalue weighted by Gasteiger charge is 2.19. The van der Waals surface area contributed by atoms with Crippen LogP contribution in [0.5, 0.6) is 0 Å². The Morgan fingerprint density at radius 1 is 1.47 bits per heavy atom. The summed E-state index contributed by atoms with van der Waals surface area (Å²) in [4.78, 5) is 11.8. The van der Waals surface area contributed by atoms with E-state index in [0.29, 0.717) is 0 Å². The van der Waals surface area contributed by atoms with Gasteiger partial charge in [-0.05, 0) is 25.0 Å².